The second-order valence-corrected chi connectivity index (χ2v) is 8.83. The number of aromatic hydroxyl groups is 1. The van der Waals surface area contributed by atoms with Gasteiger partial charge in [-0.2, -0.15) is 38.4 Å². The summed E-state index contributed by atoms with van der Waals surface area (Å²) in [5.74, 6) is -7.91. The van der Waals surface area contributed by atoms with Gasteiger partial charge in [-0.25, -0.2) is 9.59 Å². The Kier molecular flexibility index (Phi) is 16.3. The van der Waals surface area contributed by atoms with Crippen molar-refractivity contribution in [1.82, 2.24) is 16.0 Å². The third-order valence-electron chi connectivity index (χ3n) is 4.86. The molecule has 0 heterocycles. The molecule has 3 amide bonds. The molecule has 0 saturated carbocycles. The maximum atomic E-state index is 12.8. The number of carboxylic acid groups (broad SMARTS) is 3. The minimum Gasteiger partial charge on any atom is -0.508 e. The fourth-order valence-electron chi connectivity index (χ4n) is 2.70. The van der Waals surface area contributed by atoms with Gasteiger partial charge in [0.15, 0.2) is 0 Å². The highest BCUT2D eigenvalue weighted by molar-refractivity contribution is 7.80. The first-order valence-electron chi connectivity index (χ1n) is 11.3. The zero-order valence-corrected chi connectivity index (χ0v) is 22.8. The van der Waals surface area contributed by atoms with E-state index in [4.69, 9.17) is 20.7 Å². The number of thiol groups is 2. The van der Waals surface area contributed by atoms with Crippen molar-refractivity contribution in [3.05, 3.63) is 29.8 Å². The second-order valence-electron chi connectivity index (χ2n) is 8.10. The van der Waals surface area contributed by atoms with Crippen molar-refractivity contribution in [3.63, 3.8) is 0 Å². The van der Waals surface area contributed by atoms with Gasteiger partial charge in [0.25, 0.3) is 0 Å². The van der Waals surface area contributed by atoms with E-state index in [9.17, 15) is 47.4 Å². The minimum absolute atomic E-state index is 0.0164. The lowest BCUT2D eigenvalue weighted by atomic mass is 10.0. The molecule has 41 heavy (non-hydrogen) atoms. The number of rotatable bonds is 14. The number of hydrogen-bond donors (Lipinski definition) is 10. The first-order valence-corrected chi connectivity index (χ1v) is 12.6. The number of aliphatic carboxylic acids is 3. The molecule has 0 aliphatic carbocycles. The Morgan fingerprint density at radius 2 is 1.27 bits per heavy atom. The molecule has 0 aliphatic heterocycles. The zero-order chi connectivity index (χ0) is 31.9. The molecule has 0 aliphatic rings. The first-order chi connectivity index (χ1) is 18.9. The van der Waals surface area contributed by atoms with Gasteiger partial charge in [0, 0.05) is 24.3 Å². The molecule has 230 valence electrons. The number of phenolic OH excluding ortho intramolecular Hbond substituents is 1. The number of benzene rings is 1. The molecule has 0 radical (unpaired) electrons. The van der Waals surface area contributed by atoms with Gasteiger partial charge in [0.1, 0.15) is 23.9 Å². The van der Waals surface area contributed by atoms with E-state index in [1.165, 1.54) is 24.3 Å². The lowest BCUT2D eigenvalue weighted by molar-refractivity contribution is -0.192. The lowest BCUT2D eigenvalue weighted by Crippen LogP contribution is -2.58. The molecule has 0 spiro atoms. The summed E-state index contributed by atoms with van der Waals surface area (Å²) < 4.78 is 31.7. The van der Waals surface area contributed by atoms with Crippen LogP contribution in [0.25, 0.3) is 0 Å². The van der Waals surface area contributed by atoms with E-state index >= 15 is 0 Å². The van der Waals surface area contributed by atoms with Gasteiger partial charge in [-0.15, -0.1) is 0 Å². The number of carboxylic acids is 3. The van der Waals surface area contributed by atoms with Gasteiger partial charge in [-0.3, -0.25) is 19.2 Å². The number of carbonyl (C=O) groups excluding carboxylic acids is 3. The van der Waals surface area contributed by atoms with E-state index in [1.54, 1.807) is 0 Å². The SMILES string of the molecule is N[C@@H](CS)C(=O)N[C@@H](CS)C(=O)N[C@@H](CCC(=O)O)C(=O)N[C@@H](Cc1ccc(O)cc1)C(=O)O.O=C(O)C(F)(F)F. The van der Waals surface area contributed by atoms with E-state index in [0.717, 1.165) is 0 Å². The van der Waals surface area contributed by atoms with Crippen molar-refractivity contribution in [2.24, 2.45) is 5.73 Å². The smallest absolute Gasteiger partial charge is 0.490 e. The average molecular weight is 631 g/mol. The fraction of sp³-hybridized carbons (Fsp3) is 0.455. The van der Waals surface area contributed by atoms with E-state index in [1.807, 2.05) is 0 Å². The Morgan fingerprint density at radius 1 is 0.805 bits per heavy atom. The molecular formula is C22H29F3N4O10S2. The van der Waals surface area contributed by atoms with Gasteiger partial charge >= 0.3 is 24.1 Å². The molecule has 0 aromatic heterocycles. The van der Waals surface area contributed by atoms with E-state index < -0.39 is 72.4 Å². The maximum Gasteiger partial charge on any atom is 0.490 e. The molecule has 1 aromatic carbocycles. The Bertz CT molecular complexity index is 1080. The molecule has 0 unspecified atom stereocenters. The topological polar surface area (TPSA) is 245 Å². The maximum absolute atomic E-state index is 12.8. The van der Waals surface area contributed by atoms with Crippen LogP contribution in [0.1, 0.15) is 18.4 Å². The summed E-state index contributed by atoms with van der Waals surface area (Å²) in [6, 6.07) is 0.718. The largest absolute Gasteiger partial charge is 0.508 e. The van der Waals surface area contributed by atoms with Crippen molar-refractivity contribution >= 4 is 60.9 Å². The Balaban J connectivity index is 0.00000201. The summed E-state index contributed by atoms with van der Waals surface area (Å²) in [6.07, 6.45) is -6.03. The summed E-state index contributed by atoms with van der Waals surface area (Å²) in [5, 5.41) is 41.9. The Morgan fingerprint density at radius 3 is 1.68 bits per heavy atom. The second kappa shape index (κ2) is 17.9. The molecule has 0 fully saturated rings. The highest BCUT2D eigenvalue weighted by Gasteiger charge is 2.38. The zero-order valence-electron chi connectivity index (χ0n) is 21.0. The number of nitrogens with two attached hydrogens (primary N) is 1. The summed E-state index contributed by atoms with van der Waals surface area (Å²) in [4.78, 5) is 68.9. The van der Waals surface area contributed by atoms with Crippen molar-refractivity contribution in [2.45, 2.75) is 49.6 Å². The Labute approximate surface area is 241 Å². The number of phenols is 1. The van der Waals surface area contributed by atoms with Crippen LogP contribution in [-0.4, -0.2) is 97.9 Å². The summed E-state index contributed by atoms with van der Waals surface area (Å²) in [7, 11) is 0. The number of halogens is 3. The van der Waals surface area contributed by atoms with E-state index in [-0.39, 0.29) is 30.1 Å². The molecule has 0 bridgehead atoms. The first kappa shape index (κ1) is 37.3. The quantitative estimate of drug-likeness (QED) is 0.114. The van der Waals surface area contributed by atoms with Crippen LogP contribution in [-0.2, 0) is 35.2 Å². The number of hydrogen-bond acceptors (Lipinski definition) is 10. The molecule has 19 heteroatoms. The number of nitrogens with one attached hydrogen (secondary N) is 3. The number of alkyl halides is 3. The van der Waals surface area contributed by atoms with Crippen LogP contribution in [0.2, 0.25) is 0 Å². The van der Waals surface area contributed by atoms with Crippen molar-refractivity contribution in [1.29, 1.82) is 0 Å². The third kappa shape index (κ3) is 15.0. The van der Waals surface area contributed by atoms with Crippen molar-refractivity contribution < 1.29 is 62.4 Å². The minimum atomic E-state index is -5.08. The molecule has 4 atom stereocenters. The summed E-state index contributed by atoms with van der Waals surface area (Å²) in [6.45, 7) is 0. The third-order valence-corrected chi connectivity index (χ3v) is 5.62. The Hall–Kier alpha value is -3.71. The van der Waals surface area contributed by atoms with Crippen LogP contribution in [0.3, 0.4) is 0 Å². The van der Waals surface area contributed by atoms with Crippen molar-refractivity contribution in [3.8, 4) is 5.75 Å². The number of amides is 3. The van der Waals surface area contributed by atoms with Crippen LogP contribution < -0.4 is 21.7 Å². The number of carbonyl (C=O) groups is 6. The summed E-state index contributed by atoms with van der Waals surface area (Å²) >= 11 is 7.91. The predicted octanol–water partition coefficient (Wildman–Crippen LogP) is -0.841. The van der Waals surface area contributed by atoms with Gasteiger partial charge in [0.2, 0.25) is 17.7 Å². The van der Waals surface area contributed by atoms with E-state index in [2.05, 4.69) is 41.2 Å². The van der Waals surface area contributed by atoms with Gasteiger partial charge < -0.3 is 42.1 Å². The normalized spacial score (nSPS) is 13.7. The van der Waals surface area contributed by atoms with Gasteiger partial charge in [0.05, 0.1) is 6.04 Å². The predicted molar refractivity (Wildman–Crippen MR) is 141 cm³/mol. The van der Waals surface area contributed by atoms with Crippen LogP contribution in [0, 0.1) is 0 Å². The van der Waals surface area contributed by atoms with Crippen molar-refractivity contribution in [2.75, 3.05) is 11.5 Å². The van der Waals surface area contributed by atoms with Gasteiger partial charge in [-0.1, -0.05) is 12.1 Å². The highest BCUT2D eigenvalue weighted by Crippen LogP contribution is 2.13. The van der Waals surface area contributed by atoms with Crippen LogP contribution in [0.4, 0.5) is 13.2 Å². The molecular weight excluding hydrogens is 601 g/mol. The standard InChI is InChI=1S/C20H28N4O8S2.C2HF3O2/c21-12(8-33)17(28)24-15(9-34)19(30)22-13(5-6-16(26)27)18(29)23-14(20(31)32)7-10-1-3-11(25)4-2-10;3-2(4,5)1(6)7/h1-4,12-15,25,33-34H,5-9,21H2,(H,22,30)(H,23,29)(H,24,28)(H,26,27)(H,31,32);(H,6,7)/t12-,13-,14-,15-;/m0./s1. The molecule has 1 rings (SSSR count). The fourth-order valence-corrected chi connectivity index (χ4v) is 3.13. The lowest BCUT2D eigenvalue weighted by Gasteiger charge is -2.24. The molecule has 14 nitrogen and oxygen atoms in total. The van der Waals surface area contributed by atoms with Crippen LogP contribution >= 0.6 is 25.3 Å². The van der Waals surface area contributed by atoms with E-state index in [0.29, 0.717) is 5.56 Å². The average Bonchev–Trinajstić information content (AvgIpc) is 2.89. The van der Waals surface area contributed by atoms with Gasteiger partial charge in [-0.05, 0) is 24.1 Å². The summed E-state index contributed by atoms with van der Waals surface area (Å²) in [5.41, 5.74) is 6.07. The monoisotopic (exact) mass is 630 g/mol. The highest BCUT2D eigenvalue weighted by atomic mass is 32.1. The molecule has 1 aromatic rings. The van der Waals surface area contributed by atoms with Crippen LogP contribution in [0.15, 0.2) is 24.3 Å². The van der Waals surface area contributed by atoms with Crippen LogP contribution in [0.5, 0.6) is 5.75 Å². The molecule has 9 N–H and O–H groups in total. The molecule has 0 saturated heterocycles.